The summed E-state index contributed by atoms with van der Waals surface area (Å²) in [6.45, 7) is 3.01. The van der Waals surface area contributed by atoms with Gasteiger partial charge in [0.15, 0.2) is 0 Å². The van der Waals surface area contributed by atoms with Gasteiger partial charge in [-0.25, -0.2) is 0 Å². The van der Waals surface area contributed by atoms with Crippen LogP contribution in [0.5, 0.6) is 11.5 Å². The summed E-state index contributed by atoms with van der Waals surface area (Å²) in [5, 5.41) is 3.28. The van der Waals surface area contributed by atoms with Crippen LogP contribution in [0.3, 0.4) is 0 Å². The van der Waals surface area contributed by atoms with Crippen LogP contribution in [-0.4, -0.2) is 45.3 Å². The molecule has 0 bridgehead atoms. The van der Waals surface area contributed by atoms with Crippen LogP contribution in [0.4, 0.5) is 13.2 Å². The normalized spacial score (nSPS) is 16.8. The summed E-state index contributed by atoms with van der Waals surface area (Å²) in [6, 6.07) is 10.6. The number of ether oxygens (including phenoxy) is 2. The fourth-order valence-electron chi connectivity index (χ4n) is 3.47. The fourth-order valence-corrected chi connectivity index (χ4v) is 3.47. The third-order valence-corrected chi connectivity index (χ3v) is 4.78. The Morgan fingerprint density at radius 2 is 1.74 bits per heavy atom. The zero-order chi connectivity index (χ0) is 19.4. The molecule has 7 heteroatoms. The van der Waals surface area contributed by atoms with Crippen molar-refractivity contribution in [3.63, 3.8) is 0 Å². The minimum absolute atomic E-state index is 0.362. The van der Waals surface area contributed by atoms with Crippen LogP contribution in [0.1, 0.15) is 22.7 Å². The number of nitrogens with one attached hydrogen (secondary N) is 1. The second-order valence-electron chi connectivity index (χ2n) is 6.42. The van der Waals surface area contributed by atoms with Crippen LogP contribution < -0.4 is 14.8 Å². The van der Waals surface area contributed by atoms with Crippen molar-refractivity contribution in [3.05, 3.63) is 59.2 Å². The molecule has 2 aromatic carbocycles. The van der Waals surface area contributed by atoms with Gasteiger partial charge in [0, 0.05) is 31.7 Å². The van der Waals surface area contributed by atoms with Crippen molar-refractivity contribution in [1.82, 2.24) is 10.2 Å². The number of alkyl halides is 3. The number of halogens is 3. The Kier molecular flexibility index (Phi) is 5.92. The number of methoxy groups -OCH3 is 2. The molecule has 1 N–H and O–H groups in total. The molecule has 3 rings (SSSR count). The van der Waals surface area contributed by atoms with Crippen LogP contribution in [0.15, 0.2) is 42.5 Å². The SMILES string of the molecule is COc1ccc(OC)c(C(c2cccc(C(F)(F)F)c2)N2CCNCC2)c1. The van der Waals surface area contributed by atoms with Crippen molar-refractivity contribution < 1.29 is 22.6 Å². The lowest BCUT2D eigenvalue weighted by Gasteiger charge is -2.36. The Balaban J connectivity index is 2.13. The Labute approximate surface area is 156 Å². The monoisotopic (exact) mass is 380 g/mol. The van der Waals surface area contributed by atoms with E-state index in [1.165, 1.54) is 12.1 Å². The van der Waals surface area contributed by atoms with Gasteiger partial charge in [-0.2, -0.15) is 13.2 Å². The first-order valence-electron chi connectivity index (χ1n) is 8.78. The van der Waals surface area contributed by atoms with Gasteiger partial charge in [-0.3, -0.25) is 4.90 Å². The van der Waals surface area contributed by atoms with Crippen molar-refractivity contribution in [1.29, 1.82) is 0 Å². The lowest BCUT2D eigenvalue weighted by atomic mass is 9.94. The average molecular weight is 380 g/mol. The standard InChI is InChI=1S/C20H23F3N2O2/c1-26-16-6-7-18(27-2)17(13-16)19(25-10-8-24-9-11-25)14-4-3-5-15(12-14)20(21,22)23/h3-7,12-13,19,24H,8-11H2,1-2H3. The van der Waals surface area contributed by atoms with Gasteiger partial charge in [-0.05, 0) is 35.9 Å². The predicted molar refractivity (Wildman–Crippen MR) is 97.3 cm³/mol. The van der Waals surface area contributed by atoms with Crippen LogP contribution in [0.25, 0.3) is 0 Å². The van der Waals surface area contributed by atoms with Gasteiger partial charge in [0.2, 0.25) is 0 Å². The quantitative estimate of drug-likeness (QED) is 0.857. The third-order valence-electron chi connectivity index (χ3n) is 4.78. The minimum Gasteiger partial charge on any atom is -0.497 e. The number of piperazine rings is 1. The molecule has 1 fully saturated rings. The molecular formula is C20H23F3N2O2. The highest BCUT2D eigenvalue weighted by molar-refractivity contribution is 5.47. The summed E-state index contributed by atoms with van der Waals surface area (Å²) in [7, 11) is 3.13. The number of rotatable bonds is 5. The number of hydrogen-bond acceptors (Lipinski definition) is 4. The van der Waals surface area contributed by atoms with Crippen LogP contribution >= 0.6 is 0 Å². The molecule has 0 amide bonds. The molecule has 1 saturated heterocycles. The second-order valence-corrected chi connectivity index (χ2v) is 6.42. The first-order valence-corrected chi connectivity index (χ1v) is 8.78. The number of nitrogens with zero attached hydrogens (tertiary/aromatic N) is 1. The number of benzene rings is 2. The van der Waals surface area contributed by atoms with Gasteiger partial charge in [0.1, 0.15) is 11.5 Å². The minimum atomic E-state index is -4.39. The molecule has 2 aromatic rings. The molecule has 1 heterocycles. The Hall–Kier alpha value is -2.25. The first-order chi connectivity index (χ1) is 12.9. The number of hydrogen-bond donors (Lipinski definition) is 1. The van der Waals surface area contributed by atoms with Crippen LogP contribution in [-0.2, 0) is 6.18 Å². The van der Waals surface area contributed by atoms with E-state index >= 15 is 0 Å². The van der Waals surface area contributed by atoms with E-state index in [1.54, 1.807) is 32.4 Å². The molecule has 146 valence electrons. The van der Waals surface area contributed by atoms with Gasteiger partial charge >= 0.3 is 6.18 Å². The van der Waals surface area contributed by atoms with E-state index in [9.17, 15) is 13.2 Å². The maximum atomic E-state index is 13.3. The molecule has 0 radical (unpaired) electrons. The van der Waals surface area contributed by atoms with Gasteiger partial charge in [0.05, 0.1) is 25.8 Å². The van der Waals surface area contributed by atoms with Crippen LogP contribution in [0.2, 0.25) is 0 Å². The Morgan fingerprint density at radius 3 is 2.37 bits per heavy atom. The molecule has 4 nitrogen and oxygen atoms in total. The molecule has 0 aliphatic carbocycles. The first kappa shape index (κ1) is 19.5. The van der Waals surface area contributed by atoms with E-state index in [0.717, 1.165) is 37.8 Å². The highest BCUT2D eigenvalue weighted by Crippen LogP contribution is 2.39. The van der Waals surface area contributed by atoms with Gasteiger partial charge in [-0.15, -0.1) is 0 Å². The summed E-state index contributed by atoms with van der Waals surface area (Å²) in [4.78, 5) is 2.17. The molecule has 27 heavy (non-hydrogen) atoms. The lowest BCUT2D eigenvalue weighted by molar-refractivity contribution is -0.137. The summed E-state index contributed by atoms with van der Waals surface area (Å²) in [5.41, 5.74) is 0.721. The molecule has 0 spiro atoms. The fraction of sp³-hybridized carbons (Fsp3) is 0.400. The summed E-state index contributed by atoms with van der Waals surface area (Å²) < 4.78 is 50.7. The maximum absolute atomic E-state index is 13.3. The largest absolute Gasteiger partial charge is 0.497 e. The van der Waals surface area contributed by atoms with E-state index in [1.807, 2.05) is 6.07 Å². The summed E-state index contributed by atoms with van der Waals surface area (Å²) >= 11 is 0. The van der Waals surface area contributed by atoms with E-state index in [-0.39, 0.29) is 6.04 Å². The Bertz CT molecular complexity index is 774. The maximum Gasteiger partial charge on any atom is 0.416 e. The van der Waals surface area contributed by atoms with Crippen molar-refractivity contribution >= 4 is 0 Å². The van der Waals surface area contributed by atoms with Crippen molar-refractivity contribution in [3.8, 4) is 11.5 Å². The van der Waals surface area contributed by atoms with Gasteiger partial charge < -0.3 is 14.8 Å². The molecular weight excluding hydrogens is 357 g/mol. The topological polar surface area (TPSA) is 33.7 Å². The molecule has 1 atom stereocenters. The van der Waals surface area contributed by atoms with Gasteiger partial charge in [-0.1, -0.05) is 12.1 Å². The second kappa shape index (κ2) is 8.19. The summed E-state index contributed by atoms with van der Waals surface area (Å²) in [6.07, 6.45) is -4.39. The zero-order valence-corrected chi connectivity index (χ0v) is 15.3. The average Bonchev–Trinajstić information content (AvgIpc) is 2.68. The van der Waals surface area contributed by atoms with E-state index in [0.29, 0.717) is 17.1 Å². The highest BCUT2D eigenvalue weighted by Gasteiger charge is 2.33. The van der Waals surface area contributed by atoms with E-state index in [4.69, 9.17) is 9.47 Å². The molecule has 0 aromatic heterocycles. The van der Waals surface area contributed by atoms with Crippen molar-refractivity contribution in [2.75, 3.05) is 40.4 Å². The van der Waals surface area contributed by atoms with Crippen LogP contribution in [0, 0.1) is 0 Å². The van der Waals surface area contributed by atoms with E-state index < -0.39 is 11.7 Å². The van der Waals surface area contributed by atoms with Gasteiger partial charge in [0.25, 0.3) is 0 Å². The van der Waals surface area contributed by atoms with Crippen molar-refractivity contribution in [2.24, 2.45) is 0 Å². The smallest absolute Gasteiger partial charge is 0.416 e. The van der Waals surface area contributed by atoms with Crippen molar-refractivity contribution in [2.45, 2.75) is 12.2 Å². The molecule has 1 aliphatic heterocycles. The third kappa shape index (κ3) is 4.36. The summed E-state index contributed by atoms with van der Waals surface area (Å²) in [5.74, 6) is 1.26. The highest BCUT2D eigenvalue weighted by atomic mass is 19.4. The Morgan fingerprint density at radius 1 is 1.00 bits per heavy atom. The molecule has 1 unspecified atom stereocenters. The molecule has 0 saturated carbocycles. The molecule has 1 aliphatic rings. The van der Waals surface area contributed by atoms with E-state index in [2.05, 4.69) is 10.2 Å². The lowest BCUT2D eigenvalue weighted by Crippen LogP contribution is -2.45. The predicted octanol–water partition coefficient (Wildman–Crippen LogP) is 3.72. The zero-order valence-electron chi connectivity index (χ0n) is 15.3.